The summed E-state index contributed by atoms with van der Waals surface area (Å²) in [5.74, 6) is -1.16. The number of carboxylic acid groups (broad SMARTS) is 1. The summed E-state index contributed by atoms with van der Waals surface area (Å²) in [7, 11) is 4.32. The average molecular weight is 521 g/mol. The van der Waals surface area contributed by atoms with E-state index in [0.29, 0.717) is 22.8 Å². The smallest absolute Gasteiger partial charge is 0.303 e. The van der Waals surface area contributed by atoms with Crippen LogP contribution >= 0.6 is 15.9 Å². The number of amides is 2. The lowest BCUT2D eigenvalue weighted by atomic mass is 10.1. The van der Waals surface area contributed by atoms with Crippen molar-refractivity contribution < 1.29 is 33.7 Å². The minimum atomic E-state index is -0.953. The van der Waals surface area contributed by atoms with E-state index in [9.17, 15) is 14.4 Å². The van der Waals surface area contributed by atoms with E-state index in [1.807, 2.05) is 0 Å². The summed E-state index contributed by atoms with van der Waals surface area (Å²) in [5.41, 5.74) is 0.857. The normalized spacial score (nSPS) is 10.8. The van der Waals surface area contributed by atoms with Crippen molar-refractivity contribution in [3.63, 3.8) is 0 Å². The molecule has 2 rings (SSSR count). The molecule has 0 aromatic heterocycles. The lowest BCUT2D eigenvalue weighted by molar-refractivity contribution is -0.137. The Balaban J connectivity index is 2.31. The van der Waals surface area contributed by atoms with Crippen molar-refractivity contribution in [2.24, 2.45) is 0 Å². The van der Waals surface area contributed by atoms with Crippen LogP contribution in [0.1, 0.15) is 28.8 Å². The number of methoxy groups -OCH3 is 3. The molecule has 2 amide bonds. The molecule has 0 aliphatic heterocycles. The molecule has 0 atom stereocenters. The van der Waals surface area contributed by atoms with Crippen LogP contribution in [0.3, 0.4) is 0 Å². The Morgan fingerprint density at radius 3 is 2.12 bits per heavy atom. The van der Waals surface area contributed by atoms with E-state index in [2.05, 4.69) is 26.6 Å². The highest BCUT2D eigenvalue weighted by Gasteiger charge is 2.19. The van der Waals surface area contributed by atoms with Crippen molar-refractivity contribution in [1.82, 2.24) is 10.6 Å². The topological polar surface area (TPSA) is 123 Å². The number of benzene rings is 2. The summed E-state index contributed by atoms with van der Waals surface area (Å²) >= 11 is 3.35. The van der Waals surface area contributed by atoms with Crippen molar-refractivity contribution in [3.05, 3.63) is 57.7 Å². The molecule has 0 spiro atoms. The van der Waals surface area contributed by atoms with Crippen LogP contribution in [0.5, 0.6) is 17.2 Å². The van der Waals surface area contributed by atoms with Crippen molar-refractivity contribution in [1.29, 1.82) is 0 Å². The van der Waals surface area contributed by atoms with Gasteiger partial charge in [0.2, 0.25) is 5.75 Å². The Hall–Kier alpha value is -3.53. The van der Waals surface area contributed by atoms with E-state index >= 15 is 0 Å². The second-order valence-corrected chi connectivity index (χ2v) is 7.65. The number of halogens is 1. The van der Waals surface area contributed by atoms with Gasteiger partial charge in [-0.05, 0) is 42.3 Å². The fourth-order valence-corrected chi connectivity index (χ4v) is 3.09. The van der Waals surface area contributed by atoms with Gasteiger partial charge >= 0.3 is 5.97 Å². The van der Waals surface area contributed by atoms with Crippen molar-refractivity contribution in [2.75, 3.05) is 27.9 Å². The maximum atomic E-state index is 13.0. The third-order valence-corrected chi connectivity index (χ3v) is 4.98. The lowest BCUT2D eigenvalue weighted by Crippen LogP contribution is -2.35. The second kappa shape index (κ2) is 12.5. The summed E-state index contributed by atoms with van der Waals surface area (Å²) in [5, 5.41) is 14.0. The number of hydrogen-bond acceptors (Lipinski definition) is 6. The van der Waals surface area contributed by atoms with Gasteiger partial charge in [-0.3, -0.25) is 14.4 Å². The number of ether oxygens (including phenoxy) is 3. The predicted octanol–water partition coefficient (Wildman–Crippen LogP) is 3.23. The quantitative estimate of drug-likeness (QED) is 0.307. The lowest BCUT2D eigenvalue weighted by Gasteiger charge is -2.15. The SMILES string of the molecule is COc1cc(C(=O)N/C(=C/c2ccc(Br)cc2)C(=O)NCCCC(=O)O)cc(OC)c1OC. The van der Waals surface area contributed by atoms with Gasteiger partial charge in [0.25, 0.3) is 11.8 Å². The Morgan fingerprint density at radius 1 is 1.00 bits per heavy atom. The molecule has 0 heterocycles. The minimum Gasteiger partial charge on any atom is -0.493 e. The van der Waals surface area contributed by atoms with Crippen molar-refractivity contribution >= 4 is 39.8 Å². The monoisotopic (exact) mass is 520 g/mol. The van der Waals surface area contributed by atoms with Gasteiger partial charge in [0.15, 0.2) is 11.5 Å². The van der Waals surface area contributed by atoms with E-state index in [-0.39, 0.29) is 30.6 Å². The summed E-state index contributed by atoms with van der Waals surface area (Å²) in [6.07, 6.45) is 1.70. The van der Waals surface area contributed by atoms with Gasteiger partial charge in [-0.15, -0.1) is 0 Å². The highest BCUT2D eigenvalue weighted by molar-refractivity contribution is 9.10. The minimum absolute atomic E-state index is 0.00796. The van der Waals surface area contributed by atoms with E-state index in [4.69, 9.17) is 19.3 Å². The summed E-state index contributed by atoms with van der Waals surface area (Å²) in [4.78, 5) is 36.4. The summed E-state index contributed by atoms with van der Waals surface area (Å²) in [6.45, 7) is 0.142. The first-order valence-electron chi connectivity index (χ1n) is 9.87. The molecule has 0 bridgehead atoms. The van der Waals surface area contributed by atoms with E-state index in [1.165, 1.54) is 39.5 Å². The van der Waals surface area contributed by atoms with E-state index in [0.717, 1.165) is 4.47 Å². The molecule has 0 fully saturated rings. The van der Waals surface area contributed by atoms with Crippen LogP contribution in [0.2, 0.25) is 0 Å². The molecule has 176 valence electrons. The highest BCUT2D eigenvalue weighted by atomic mass is 79.9. The first kappa shape index (κ1) is 25.7. The van der Waals surface area contributed by atoms with Crippen molar-refractivity contribution in [2.45, 2.75) is 12.8 Å². The van der Waals surface area contributed by atoms with Gasteiger partial charge in [-0.1, -0.05) is 28.1 Å². The van der Waals surface area contributed by atoms with Crippen LogP contribution in [0.4, 0.5) is 0 Å². The largest absolute Gasteiger partial charge is 0.493 e. The number of carbonyl (C=O) groups excluding carboxylic acids is 2. The first-order chi connectivity index (χ1) is 15.8. The second-order valence-electron chi connectivity index (χ2n) is 6.73. The van der Waals surface area contributed by atoms with Crippen molar-refractivity contribution in [3.8, 4) is 17.2 Å². The van der Waals surface area contributed by atoms with Crippen LogP contribution in [-0.2, 0) is 9.59 Å². The molecule has 0 saturated heterocycles. The zero-order chi connectivity index (χ0) is 24.4. The maximum Gasteiger partial charge on any atom is 0.303 e. The number of aliphatic carboxylic acids is 1. The Kier molecular flexibility index (Phi) is 9.74. The molecule has 0 saturated carbocycles. The van der Waals surface area contributed by atoms with Crippen LogP contribution in [0.25, 0.3) is 6.08 Å². The summed E-state index contributed by atoms with van der Waals surface area (Å²) < 4.78 is 16.7. The highest BCUT2D eigenvalue weighted by Crippen LogP contribution is 2.38. The molecule has 2 aromatic rings. The Bertz CT molecular complexity index is 1010. The molecule has 9 nitrogen and oxygen atoms in total. The number of carboxylic acids is 1. The Labute approximate surface area is 199 Å². The number of carbonyl (C=O) groups is 3. The average Bonchev–Trinajstić information content (AvgIpc) is 2.81. The van der Waals surface area contributed by atoms with Gasteiger partial charge < -0.3 is 30.0 Å². The molecule has 33 heavy (non-hydrogen) atoms. The first-order valence-corrected chi connectivity index (χ1v) is 10.7. The zero-order valence-corrected chi connectivity index (χ0v) is 20.0. The van der Waals surface area contributed by atoms with Gasteiger partial charge in [0, 0.05) is 23.0 Å². The van der Waals surface area contributed by atoms with Gasteiger partial charge in [0.05, 0.1) is 21.3 Å². The molecule has 0 aliphatic carbocycles. The number of rotatable bonds is 11. The number of hydrogen-bond donors (Lipinski definition) is 3. The fraction of sp³-hybridized carbons (Fsp3) is 0.261. The fourth-order valence-electron chi connectivity index (χ4n) is 2.83. The third kappa shape index (κ3) is 7.53. The maximum absolute atomic E-state index is 13.0. The van der Waals surface area contributed by atoms with E-state index in [1.54, 1.807) is 24.3 Å². The molecule has 0 radical (unpaired) electrons. The van der Waals surface area contributed by atoms with Crippen LogP contribution < -0.4 is 24.8 Å². The molecule has 2 aromatic carbocycles. The predicted molar refractivity (Wildman–Crippen MR) is 126 cm³/mol. The Morgan fingerprint density at radius 2 is 1.61 bits per heavy atom. The van der Waals surface area contributed by atoms with Crippen LogP contribution in [0.15, 0.2) is 46.6 Å². The van der Waals surface area contributed by atoms with Crippen LogP contribution in [0, 0.1) is 0 Å². The van der Waals surface area contributed by atoms with Gasteiger partial charge in [0.1, 0.15) is 5.70 Å². The molecular weight excluding hydrogens is 496 g/mol. The third-order valence-electron chi connectivity index (χ3n) is 4.45. The molecule has 0 aliphatic rings. The number of nitrogens with one attached hydrogen (secondary N) is 2. The molecular formula is C23H25BrN2O7. The summed E-state index contributed by atoms with van der Waals surface area (Å²) in [6, 6.07) is 10.1. The van der Waals surface area contributed by atoms with Gasteiger partial charge in [-0.25, -0.2) is 0 Å². The van der Waals surface area contributed by atoms with E-state index < -0.39 is 17.8 Å². The molecule has 10 heteroatoms. The molecule has 0 unspecified atom stereocenters. The zero-order valence-electron chi connectivity index (χ0n) is 18.4. The standard InChI is InChI=1S/C23H25BrN2O7/c1-31-18-12-15(13-19(32-2)21(18)33-3)22(29)26-17(11-14-6-8-16(24)9-7-14)23(30)25-10-4-5-20(27)28/h6-9,11-13H,4-5,10H2,1-3H3,(H,25,30)(H,26,29)(H,27,28)/b17-11+. The van der Waals surface area contributed by atoms with Gasteiger partial charge in [-0.2, -0.15) is 0 Å². The molecule has 3 N–H and O–H groups in total. The van der Waals surface area contributed by atoms with Crippen LogP contribution in [-0.4, -0.2) is 50.8 Å².